The summed E-state index contributed by atoms with van der Waals surface area (Å²) in [6.45, 7) is 4.08. The first kappa shape index (κ1) is 24.4. The minimum Gasteiger partial charge on any atom is -0.490 e. The number of fused-ring (bicyclic) bond motifs is 1. The molecular weight excluding hydrogens is 474 g/mol. The molecule has 0 saturated carbocycles. The van der Waals surface area contributed by atoms with Crippen molar-refractivity contribution in [3.8, 4) is 11.5 Å². The summed E-state index contributed by atoms with van der Waals surface area (Å²) in [5.41, 5.74) is 2.14. The lowest BCUT2D eigenvalue weighted by atomic mass is 10.1. The van der Waals surface area contributed by atoms with E-state index in [1.54, 1.807) is 12.4 Å². The Hall–Kier alpha value is -4.34. The Labute approximate surface area is 214 Å². The van der Waals surface area contributed by atoms with Gasteiger partial charge in [0.25, 0.3) is 0 Å². The maximum absolute atomic E-state index is 10.8. The fraction of sp³-hybridized carbons (Fsp3) is 0.333. The molecule has 10 nitrogen and oxygen atoms in total. The minimum absolute atomic E-state index is 0.00105. The van der Waals surface area contributed by atoms with Crippen LogP contribution in [0.25, 0.3) is 11.1 Å². The molecule has 0 amide bonds. The molecule has 192 valence electrons. The number of rotatable bonds is 10. The van der Waals surface area contributed by atoms with Gasteiger partial charge in [-0.15, -0.1) is 0 Å². The van der Waals surface area contributed by atoms with Crippen LogP contribution in [-0.4, -0.2) is 51.8 Å². The SMILES string of the molecule is CCOc1ccccc1OC1CCCN(c2cncc(Nc3nc4ccc(CCC(=O)O)cc4o3)n2)C1. The number of ether oxygens (including phenoxy) is 2. The van der Waals surface area contributed by atoms with Gasteiger partial charge in [0.2, 0.25) is 0 Å². The zero-order valence-corrected chi connectivity index (χ0v) is 20.6. The number of piperidine rings is 1. The van der Waals surface area contributed by atoms with Gasteiger partial charge in [-0.2, -0.15) is 4.98 Å². The quantitative estimate of drug-likeness (QED) is 0.311. The molecular formula is C27H29N5O5. The van der Waals surface area contributed by atoms with E-state index >= 15 is 0 Å². The Morgan fingerprint density at radius 3 is 2.89 bits per heavy atom. The molecule has 5 rings (SSSR count). The van der Waals surface area contributed by atoms with Crippen LogP contribution < -0.4 is 19.7 Å². The number of anilines is 3. The van der Waals surface area contributed by atoms with E-state index in [2.05, 4.69) is 20.2 Å². The van der Waals surface area contributed by atoms with E-state index in [-0.39, 0.29) is 12.5 Å². The number of aromatic nitrogens is 3. The molecule has 0 bridgehead atoms. The number of nitrogens with zero attached hydrogens (tertiary/aromatic N) is 4. The zero-order chi connectivity index (χ0) is 25.6. The molecule has 10 heteroatoms. The van der Waals surface area contributed by atoms with Gasteiger partial charge in [0.05, 0.1) is 25.5 Å². The Bertz CT molecular complexity index is 1370. The van der Waals surface area contributed by atoms with Crippen LogP contribution in [0.15, 0.2) is 59.3 Å². The Morgan fingerprint density at radius 1 is 1.19 bits per heavy atom. The molecule has 2 aromatic carbocycles. The first-order chi connectivity index (χ1) is 18.1. The lowest BCUT2D eigenvalue weighted by molar-refractivity contribution is -0.136. The summed E-state index contributed by atoms with van der Waals surface area (Å²) in [5.74, 6) is 1.92. The number of carboxylic acid groups (broad SMARTS) is 1. The third-order valence-corrected chi connectivity index (χ3v) is 6.08. The summed E-state index contributed by atoms with van der Waals surface area (Å²) >= 11 is 0. The Balaban J connectivity index is 1.26. The van der Waals surface area contributed by atoms with Crippen LogP contribution in [0.2, 0.25) is 0 Å². The number of hydrogen-bond acceptors (Lipinski definition) is 9. The topological polar surface area (TPSA) is 123 Å². The van der Waals surface area contributed by atoms with Gasteiger partial charge >= 0.3 is 12.0 Å². The summed E-state index contributed by atoms with van der Waals surface area (Å²) in [4.78, 5) is 26.6. The number of aryl methyl sites for hydroxylation is 1. The summed E-state index contributed by atoms with van der Waals surface area (Å²) in [7, 11) is 0. The molecule has 1 atom stereocenters. The molecule has 1 unspecified atom stereocenters. The van der Waals surface area contributed by atoms with Crippen LogP contribution in [0.5, 0.6) is 11.5 Å². The van der Waals surface area contributed by atoms with Gasteiger partial charge in [-0.3, -0.25) is 15.1 Å². The van der Waals surface area contributed by atoms with Gasteiger partial charge in [0.1, 0.15) is 17.4 Å². The van der Waals surface area contributed by atoms with Gasteiger partial charge in [-0.1, -0.05) is 18.2 Å². The molecule has 2 aromatic heterocycles. The molecule has 1 aliphatic heterocycles. The van der Waals surface area contributed by atoms with Gasteiger partial charge in [-0.05, 0) is 56.0 Å². The van der Waals surface area contributed by atoms with Crippen molar-refractivity contribution in [3.63, 3.8) is 0 Å². The number of hydrogen-bond donors (Lipinski definition) is 2. The predicted molar refractivity (Wildman–Crippen MR) is 139 cm³/mol. The first-order valence-electron chi connectivity index (χ1n) is 12.4. The summed E-state index contributed by atoms with van der Waals surface area (Å²) in [6, 6.07) is 13.5. The molecule has 0 spiro atoms. The number of para-hydroxylation sites is 2. The summed E-state index contributed by atoms with van der Waals surface area (Å²) < 4.78 is 17.8. The maximum Gasteiger partial charge on any atom is 0.303 e. The van der Waals surface area contributed by atoms with Crippen LogP contribution in [0.1, 0.15) is 31.7 Å². The average Bonchev–Trinajstić information content (AvgIpc) is 3.30. The van der Waals surface area contributed by atoms with E-state index in [1.807, 2.05) is 49.4 Å². The number of aliphatic carboxylic acids is 1. The first-order valence-corrected chi connectivity index (χ1v) is 12.4. The van der Waals surface area contributed by atoms with Crippen LogP contribution in [0.3, 0.4) is 0 Å². The van der Waals surface area contributed by atoms with E-state index in [4.69, 9.17) is 24.0 Å². The largest absolute Gasteiger partial charge is 0.490 e. The van der Waals surface area contributed by atoms with Gasteiger partial charge in [0.15, 0.2) is 22.9 Å². The normalized spacial score (nSPS) is 15.5. The smallest absolute Gasteiger partial charge is 0.303 e. The van der Waals surface area contributed by atoms with Crippen LogP contribution in [0, 0.1) is 0 Å². The van der Waals surface area contributed by atoms with Crippen LogP contribution in [-0.2, 0) is 11.2 Å². The van der Waals surface area contributed by atoms with Crippen molar-refractivity contribution in [1.82, 2.24) is 15.0 Å². The van der Waals surface area contributed by atoms with E-state index in [9.17, 15) is 4.79 Å². The zero-order valence-electron chi connectivity index (χ0n) is 20.6. The third-order valence-electron chi connectivity index (χ3n) is 6.08. The number of benzene rings is 2. The lowest BCUT2D eigenvalue weighted by Crippen LogP contribution is -2.41. The Morgan fingerprint density at radius 2 is 2.05 bits per heavy atom. The summed E-state index contributed by atoms with van der Waals surface area (Å²) in [6.07, 6.45) is 5.76. The van der Waals surface area contributed by atoms with Crippen molar-refractivity contribution in [2.75, 3.05) is 29.9 Å². The van der Waals surface area contributed by atoms with Crippen molar-refractivity contribution in [2.24, 2.45) is 0 Å². The van der Waals surface area contributed by atoms with Gasteiger partial charge in [-0.25, -0.2) is 4.98 Å². The van der Waals surface area contributed by atoms with Crippen molar-refractivity contribution in [3.05, 3.63) is 60.4 Å². The molecule has 2 N–H and O–H groups in total. The highest BCUT2D eigenvalue weighted by molar-refractivity contribution is 5.76. The highest BCUT2D eigenvalue weighted by Crippen LogP contribution is 2.30. The van der Waals surface area contributed by atoms with E-state index < -0.39 is 5.97 Å². The fourth-order valence-electron chi connectivity index (χ4n) is 4.35. The van der Waals surface area contributed by atoms with Crippen molar-refractivity contribution in [2.45, 2.75) is 38.7 Å². The number of carbonyl (C=O) groups is 1. The fourth-order valence-corrected chi connectivity index (χ4v) is 4.35. The van der Waals surface area contributed by atoms with Gasteiger partial charge < -0.3 is 23.9 Å². The molecule has 0 radical (unpaired) electrons. The second-order valence-electron chi connectivity index (χ2n) is 8.81. The molecule has 1 saturated heterocycles. The van der Waals surface area contributed by atoms with Crippen molar-refractivity contribution >= 4 is 34.7 Å². The molecule has 1 aliphatic rings. The molecule has 37 heavy (non-hydrogen) atoms. The van der Waals surface area contributed by atoms with Crippen LogP contribution in [0.4, 0.5) is 17.7 Å². The van der Waals surface area contributed by atoms with E-state index in [1.165, 1.54) is 0 Å². The van der Waals surface area contributed by atoms with Gasteiger partial charge in [0, 0.05) is 13.0 Å². The van der Waals surface area contributed by atoms with E-state index in [0.29, 0.717) is 42.5 Å². The standard InChI is InChI=1S/C27H29N5O5/c1-2-35-21-7-3-4-8-22(21)36-19-6-5-13-32(17-19)25-16-28-15-24(30-25)31-27-29-20-11-9-18(10-12-26(33)34)14-23(20)37-27/h3-4,7-9,11,14-16,19H,2,5-6,10,12-13,17H2,1H3,(H,33,34)(H,29,30,31). The number of nitrogens with one attached hydrogen (secondary N) is 1. The minimum atomic E-state index is -0.833. The highest BCUT2D eigenvalue weighted by atomic mass is 16.5. The second kappa shape index (κ2) is 11.2. The summed E-state index contributed by atoms with van der Waals surface area (Å²) in [5, 5.41) is 12.0. The third kappa shape index (κ3) is 6.08. The van der Waals surface area contributed by atoms with Crippen molar-refractivity contribution in [1.29, 1.82) is 0 Å². The highest BCUT2D eigenvalue weighted by Gasteiger charge is 2.24. The maximum atomic E-state index is 10.8. The van der Waals surface area contributed by atoms with Crippen molar-refractivity contribution < 1.29 is 23.8 Å². The van der Waals surface area contributed by atoms with Crippen LogP contribution >= 0.6 is 0 Å². The monoisotopic (exact) mass is 503 g/mol. The molecule has 3 heterocycles. The molecule has 0 aliphatic carbocycles. The molecule has 1 fully saturated rings. The molecule has 4 aromatic rings. The Kier molecular flexibility index (Phi) is 7.34. The predicted octanol–water partition coefficient (Wildman–Crippen LogP) is 4.83. The average molecular weight is 504 g/mol. The second-order valence-corrected chi connectivity index (χ2v) is 8.81. The number of carboxylic acids is 1. The lowest BCUT2D eigenvalue weighted by Gasteiger charge is -2.33. The number of oxazole rings is 1. The van der Waals surface area contributed by atoms with E-state index in [0.717, 1.165) is 42.3 Å².